The van der Waals surface area contributed by atoms with Gasteiger partial charge in [0.2, 0.25) is 0 Å². The normalized spacial score (nSPS) is 12.2. The van der Waals surface area contributed by atoms with Crippen LogP contribution in [0.5, 0.6) is 0 Å². The molecule has 0 saturated heterocycles. The minimum atomic E-state index is -0.793. The maximum absolute atomic E-state index is 11.9. The van der Waals surface area contributed by atoms with Gasteiger partial charge in [-0.25, -0.2) is 0 Å². The van der Waals surface area contributed by atoms with Crippen LogP contribution in [0.4, 0.5) is 0 Å². The standard InChI is InChI=1S/C14H24N4O2/c15-6-2-8-17-13(19)11-4-1-5-12(10-11)14(20)18-9-3-7-16/h1,4-5,10,13,17,19H,2-3,6-9,15-16H2,(H,18,20). The van der Waals surface area contributed by atoms with Gasteiger partial charge in [0.1, 0.15) is 6.23 Å². The average Bonchev–Trinajstić information content (AvgIpc) is 2.47. The van der Waals surface area contributed by atoms with Gasteiger partial charge >= 0.3 is 0 Å². The lowest BCUT2D eigenvalue weighted by atomic mass is 10.1. The second kappa shape index (κ2) is 9.44. The lowest BCUT2D eigenvalue weighted by Gasteiger charge is -2.14. The van der Waals surface area contributed by atoms with E-state index >= 15 is 0 Å². The van der Waals surface area contributed by atoms with Gasteiger partial charge in [0.05, 0.1) is 0 Å². The lowest BCUT2D eigenvalue weighted by Crippen LogP contribution is -2.27. The third-order valence-electron chi connectivity index (χ3n) is 2.85. The number of aliphatic hydroxyl groups excluding tert-OH is 1. The van der Waals surface area contributed by atoms with Gasteiger partial charge in [-0.05, 0) is 50.2 Å². The van der Waals surface area contributed by atoms with E-state index in [1.54, 1.807) is 24.3 Å². The zero-order valence-corrected chi connectivity index (χ0v) is 11.6. The van der Waals surface area contributed by atoms with Crippen molar-refractivity contribution in [3.8, 4) is 0 Å². The van der Waals surface area contributed by atoms with Crippen molar-refractivity contribution in [3.05, 3.63) is 35.4 Å². The van der Waals surface area contributed by atoms with E-state index in [4.69, 9.17) is 11.5 Å². The molecule has 6 heteroatoms. The molecular formula is C14H24N4O2. The zero-order chi connectivity index (χ0) is 14.8. The maximum Gasteiger partial charge on any atom is 0.251 e. The summed E-state index contributed by atoms with van der Waals surface area (Å²) in [7, 11) is 0. The second-order valence-corrected chi connectivity index (χ2v) is 4.52. The first-order valence-corrected chi connectivity index (χ1v) is 6.88. The molecule has 0 aliphatic rings. The molecule has 6 nitrogen and oxygen atoms in total. The van der Waals surface area contributed by atoms with Crippen molar-refractivity contribution in [1.82, 2.24) is 10.6 Å². The summed E-state index contributed by atoms with van der Waals surface area (Å²) in [6.07, 6.45) is 0.740. The molecule has 1 unspecified atom stereocenters. The van der Waals surface area contributed by atoms with Crippen LogP contribution < -0.4 is 22.1 Å². The van der Waals surface area contributed by atoms with Gasteiger partial charge in [-0.1, -0.05) is 12.1 Å². The number of rotatable bonds is 9. The molecule has 1 aromatic carbocycles. The number of aliphatic hydroxyl groups is 1. The van der Waals surface area contributed by atoms with Gasteiger partial charge in [0.15, 0.2) is 0 Å². The van der Waals surface area contributed by atoms with Gasteiger partial charge in [-0.2, -0.15) is 0 Å². The van der Waals surface area contributed by atoms with Crippen LogP contribution in [-0.2, 0) is 0 Å². The number of hydrogen-bond donors (Lipinski definition) is 5. The van der Waals surface area contributed by atoms with Crippen LogP contribution in [0.25, 0.3) is 0 Å². The van der Waals surface area contributed by atoms with E-state index < -0.39 is 6.23 Å². The minimum Gasteiger partial charge on any atom is -0.374 e. The van der Waals surface area contributed by atoms with E-state index in [0.29, 0.717) is 37.3 Å². The van der Waals surface area contributed by atoms with Crippen LogP contribution >= 0.6 is 0 Å². The van der Waals surface area contributed by atoms with Gasteiger partial charge in [0.25, 0.3) is 5.91 Å². The smallest absolute Gasteiger partial charge is 0.251 e. The molecule has 0 aliphatic heterocycles. The van der Waals surface area contributed by atoms with Crippen LogP contribution in [0, 0.1) is 0 Å². The van der Waals surface area contributed by atoms with E-state index in [1.165, 1.54) is 0 Å². The summed E-state index contributed by atoms with van der Waals surface area (Å²) in [6, 6.07) is 6.92. The molecule has 1 aromatic rings. The van der Waals surface area contributed by atoms with Crippen molar-refractivity contribution < 1.29 is 9.90 Å². The van der Waals surface area contributed by atoms with Crippen LogP contribution in [0.2, 0.25) is 0 Å². The lowest BCUT2D eigenvalue weighted by molar-refractivity contribution is 0.0953. The Bertz CT molecular complexity index is 412. The van der Waals surface area contributed by atoms with E-state index in [1.807, 2.05) is 0 Å². The summed E-state index contributed by atoms with van der Waals surface area (Å²) in [4.78, 5) is 11.9. The Balaban J connectivity index is 2.58. The molecule has 20 heavy (non-hydrogen) atoms. The van der Waals surface area contributed by atoms with Crippen molar-refractivity contribution in [1.29, 1.82) is 0 Å². The largest absolute Gasteiger partial charge is 0.374 e. The first-order chi connectivity index (χ1) is 9.69. The molecule has 1 rings (SSSR count). The zero-order valence-electron chi connectivity index (χ0n) is 11.6. The maximum atomic E-state index is 11.9. The predicted molar refractivity (Wildman–Crippen MR) is 79.1 cm³/mol. The Morgan fingerprint density at radius 2 is 1.90 bits per heavy atom. The molecule has 0 bridgehead atoms. The van der Waals surface area contributed by atoms with Crippen molar-refractivity contribution in [2.24, 2.45) is 11.5 Å². The van der Waals surface area contributed by atoms with Crippen molar-refractivity contribution in [2.75, 3.05) is 26.2 Å². The number of carbonyl (C=O) groups excluding carboxylic acids is 1. The number of amides is 1. The summed E-state index contributed by atoms with van der Waals surface area (Å²) < 4.78 is 0. The third kappa shape index (κ3) is 5.66. The first kappa shape index (κ1) is 16.6. The minimum absolute atomic E-state index is 0.158. The average molecular weight is 280 g/mol. The molecule has 0 radical (unpaired) electrons. The highest BCUT2D eigenvalue weighted by Gasteiger charge is 2.10. The van der Waals surface area contributed by atoms with E-state index in [9.17, 15) is 9.90 Å². The molecule has 0 saturated carbocycles. The quantitative estimate of drug-likeness (QED) is 0.315. The third-order valence-corrected chi connectivity index (χ3v) is 2.85. The molecule has 0 aliphatic carbocycles. The molecular weight excluding hydrogens is 256 g/mol. The molecule has 0 aromatic heterocycles. The number of hydrogen-bond acceptors (Lipinski definition) is 5. The van der Waals surface area contributed by atoms with Crippen LogP contribution in [-0.4, -0.2) is 37.2 Å². The Labute approximate surface area is 119 Å². The fourth-order valence-corrected chi connectivity index (χ4v) is 1.71. The summed E-state index contributed by atoms with van der Waals surface area (Å²) in [5.41, 5.74) is 12.0. The van der Waals surface area contributed by atoms with Crippen LogP contribution in [0.3, 0.4) is 0 Å². The van der Waals surface area contributed by atoms with Gasteiger partial charge in [-0.3, -0.25) is 10.1 Å². The Kier molecular flexibility index (Phi) is 7.82. The summed E-state index contributed by atoms with van der Waals surface area (Å²) in [5.74, 6) is -0.158. The molecule has 112 valence electrons. The SMILES string of the molecule is NCCCNC(=O)c1cccc(C(O)NCCCN)c1. The van der Waals surface area contributed by atoms with Gasteiger partial charge < -0.3 is 21.9 Å². The molecule has 7 N–H and O–H groups in total. The highest BCUT2D eigenvalue weighted by atomic mass is 16.3. The highest BCUT2D eigenvalue weighted by molar-refractivity contribution is 5.94. The fraction of sp³-hybridized carbons (Fsp3) is 0.500. The highest BCUT2D eigenvalue weighted by Crippen LogP contribution is 2.12. The predicted octanol–water partition coefficient (Wildman–Crippen LogP) is -0.305. The van der Waals surface area contributed by atoms with Crippen molar-refractivity contribution >= 4 is 5.91 Å². The number of nitrogens with two attached hydrogens (primary N) is 2. The molecule has 0 heterocycles. The Morgan fingerprint density at radius 1 is 1.20 bits per heavy atom. The molecule has 0 fully saturated rings. The van der Waals surface area contributed by atoms with E-state index in [2.05, 4.69) is 10.6 Å². The topological polar surface area (TPSA) is 113 Å². The second-order valence-electron chi connectivity index (χ2n) is 4.52. The van der Waals surface area contributed by atoms with Crippen LogP contribution in [0.1, 0.15) is 35.0 Å². The summed E-state index contributed by atoms with van der Waals surface area (Å²) in [5, 5.41) is 15.7. The number of benzene rings is 1. The van der Waals surface area contributed by atoms with Crippen molar-refractivity contribution in [2.45, 2.75) is 19.1 Å². The van der Waals surface area contributed by atoms with Gasteiger partial charge in [-0.15, -0.1) is 0 Å². The first-order valence-electron chi connectivity index (χ1n) is 6.88. The summed E-state index contributed by atoms with van der Waals surface area (Å²) >= 11 is 0. The van der Waals surface area contributed by atoms with E-state index in [-0.39, 0.29) is 5.91 Å². The van der Waals surface area contributed by atoms with Crippen molar-refractivity contribution in [3.63, 3.8) is 0 Å². The number of carbonyl (C=O) groups is 1. The molecule has 0 spiro atoms. The van der Waals surface area contributed by atoms with Gasteiger partial charge in [0, 0.05) is 12.1 Å². The monoisotopic (exact) mass is 280 g/mol. The van der Waals surface area contributed by atoms with E-state index in [0.717, 1.165) is 12.8 Å². The Morgan fingerprint density at radius 3 is 2.60 bits per heavy atom. The summed E-state index contributed by atoms with van der Waals surface area (Å²) in [6.45, 7) is 2.30. The fourth-order valence-electron chi connectivity index (χ4n) is 1.71. The molecule has 1 atom stereocenters. The van der Waals surface area contributed by atoms with Crippen LogP contribution in [0.15, 0.2) is 24.3 Å². The molecule has 1 amide bonds. The Hall–Kier alpha value is -1.47. The number of nitrogens with one attached hydrogen (secondary N) is 2.